The van der Waals surface area contributed by atoms with Gasteiger partial charge in [0.25, 0.3) is 5.91 Å². The summed E-state index contributed by atoms with van der Waals surface area (Å²) in [5.41, 5.74) is 5.64. The Labute approximate surface area is 97.7 Å². The van der Waals surface area contributed by atoms with Crippen LogP contribution in [0.1, 0.15) is 23.8 Å². The van der Waals surface area contributed by atoms with Gasteiger partial charge in [0.1, 0.15) is 6.04 Å². The molecule has 1 aliphatic rings. The molecule has 0 spiro atoms. The fourth-order valence-electron chi connectivity index (χ4n) is 1.26. The molecule has 88 valence electrons. The summed E-state index contributed by atoms with van der Waals surface area (Å²) in [6, 6.07) is 2.56. The van der Waals surface area contributed by atoms with Crippen LogP contribution in [0.25, 0.3) is 0 Å². The molecule has 0 aliphatic heterocycles. The van der Waals surface area contributed by atoms with Gasteiger partial charge in [0, 0.05) is 4.88 Å². The van der Waals surface area contributed by atoms with Crippen molar-refractivity contribution in [2.24, 2.45) is 5.73 Å². The van der Waals surface area contributed by atoms with Crippen LogP contribution in [0.3, 0.4) is 0 Å². The van der Waals surface area contributed by atoms with Crippen LogP contribution >= 0.6 is 11.3 Å². The Bertz CT molecular complexity index is 477. The van der Waals surface area contributed by atoms with Crippen molar-refractivity contribution in [3.8, 4) is 0 Å². The zero-order chi connectivity index (χ0) is 11.8. The van der Waals surface area contributed by atoms with Gasteiger partial charge in [-0.25, -0.2) is 8.42 Å². The predicted octanol–water partition coefficient (Wildman–Crippen LogP) is 0.356. The SMILES string of the molecule is NC(C(=O)NS(=O)(=O)C1CC1)c1cccs1. The fraction of sp³-hybridized carbons (Fsp3) is 0.444. The van der Waals surface area contributed by atoms with Crippen molar-refractivity contribution < 1.29 is 13.2 Å². The maximum Gasteiger partial charge on any atom is 0.255 e. The number of nitrogens with one attached hydrogen (secondary N) is 1. The first-order valence-electron chi connectivity index (χ1n) is 4.85. The van der Waals surface area contributed by atoms with E-state index >= 15 is 0 Å². The molecule has 1 fully saturated rings. The van der Waals surface area contributed by atoms with E-state index in [0.29, 0.717) is 17.7 Å². The average Bonchev–Trinajstić information content (AvgIpc) is 2.94. The summed E-state index contributed by atoms with van der Waals surface area (Å²) in [5, 5.41) is 1.38. The minimum absolute atomic E-state index is 0.410. The summed E-state index contributed by atoms with van der Waals surface area (Å²) in [7, 11) is -3.50. The van der Waals surface area contributed by atoms with Crippen LogP contribution in [0, 0.1) is 0 Å². The third-order valence-electron chi connectivity index (χ3n) is 2.34. The molecule has 1 atom stereocenters. The zero-order valence-electron chi connectivity index (χ0n) is 8.42. The molecule has 7 heteroatoms. The fourth-order valence-corrected chi connectivity index (χ4v) is 3.32. The van der Waals surface area contributed by atoms with Gasteiger partial charge in [-0.3, -0.25) is 9.52 Å². The third-order valence-corrected chi connectivity index (χ3v) is 5.13. The van der Waals surface area contributed by atoms with Crippen LogP contribution in [0.2, 0.25) is 0 Å². The van der Waals surface area contributed by atoms with E-state index in [1.807, 2.05) is 4.72 Å². The Hall–Kier alpha value is -0.920. The number of hydrogen-bond donors (Lipinski definition) is 2. The van der Waals surface area contributed by atoms with Crippen LogP contribution in [-0.4, -0.2) is 19.6 Å². The molecule has 3 N–H and O–H groups in total. The number of amides is 1. The topological polar surface area (TPSA) is 89.3 Å². The molecule has 1 heterocycles. The van der Waals surface area contributed by atoms with Crippen molar-refractivity contribution in [2.75, 3.05) is 0 Å². The first-order valence-corrected chi connectivity index (χ1v) is 7.28. The smallest absolute Gasteiger partial charge is 0.255 e. The number of sulfonamides is 1. The second-order valence-corrected chi connectivity index (χ2v) is 6.64. The highest BCUT2D eigenvalue weighted by molar-refractivity contribution is 7.90. The number of hydrogen-bond acceptors (Lipinski definition) is 5. The van der Waals surface area contributed by atoms with Gasteiger partial charge in [0.2, 0.25) is 10.0 Å². The second kappa shape index (κ2) is 4.15. The van der Waals surface area contributed by atoms with E-state index in [-0.39, 0.29) is 0 Å². The lowest BCUT2D eigenvalue weighted by atomic mass is 10.2. The second-order valence-electron chi connectivity index (χ2n) is 3.70. The van der Waals surface area contributed by atoms with E-state index in [4.69, 9.17) is 5.73 Å². The first kappa shape index (κ1) is 11.6. The number of carbonyl (C=O) groups excluding carboxylic acids is 1. The Morgan fingerprint density at radius 3 is 2.75 bits per heavy atom. The van der Waals surface area contributed by atoms with E-state index < -0.39 is 27.2 Å². The van der Waals surface area contributed by atoms with Gasteiger partial charge in [-0.1, -0.05) is 6.07 Å². The normalized spacial score (nSPS) is 18.1. The lowest BCUT2D eigenvalue weighted by molar-refractivity contribution is -0.120. The third kappa shape index (κ3) is 2.42. The van der Waals surface area contributed by atoms with Gasteiger partial charge in [-0.05, 0) is 24.3 Å². The molecule has 1 unspecified atom stereocenters. The summed E-state index contributed by atoms with van der Waals surface area (Å²) >= 11 is 1.33. The summed E-state index contributed by atoms with van der Waals surface area (Å²) in [5.74, 6) is -0.658. The molecule has 1 aliphatic carbocycles. The largest absolute Gasteiger partial charge is 0.315 e. The highest BCUT2D eigenvalue weighted by Crippen LogP contribution is 2.27. The van der Waals surface area contributed by atoms with E-state index in [9.17, 15) is 13.2 Å². The molecule has 2 rings (SSSR count). The predicted molar refractivity (Wildman–Crippen MR) is 61.3 cm³/mol. The molecule has 16 heavy (non-hydrogen) atoms. The molecular weight excluding hydrogens is 248 g/mol. The number of nitrogens with two attached hydrogens (primary N) is 1. The zero-order valence-corrected chi connectivity index (χ0v) is 10.1. The van der Waals surface area contributed by atoms with Crippen molar-refractivity contribution in [1.29, 1.82) is 0 Å². The number of carbonyl (C=O) groups is 1. The Morgan fingerprint density at radius 2 is 2.25 bits per heavy atom. The van der Waals surface area contributed by atoms with E-state index in [1.165, 1.54) is 11.3 Å². The van der Waals surface area contributed by atoms with Gasteiger partial charge in [0.15, 0.2) is 0 Å². The molecule has 1 aromatic heterocycles. The van der Waals surface area contributed by atoms with Crippen molar-refractivity contribution in [3.63, 3.8) is 0 Å². The van der Waals surface area contributed by atoms with Crippen molar-refractivity contribution >= 4 is 27.3 Å². The molecular formula is C9H12N2O3S2. The molecule has 1 saturated carbocycles. The Kier molecular flexibility index (Phi) is 3.00. The molecule has 1 amide bonds. The van der Waals surface area contributed by atoms with Crippen molar-refractivity contribution in [1.82, 2.24) is 4.72 Å². The lowest BCUT2D eigenvalue weighted by Crippen LogP contribution is -2.39. The quantitative estimate of drug-likeness (QED) is 0.817. The molecule has 0 aromatic carbocycles. The average molecular weight is 260 g/mol. The van der Waals surface area contributed by atoms with Crippen molar-refractivity contribution in [2.45, 2.75) is 24.1 Å². The van der Waals surface area contributed by atoms with E-state index in [0.717, 1.165) is 0 Å². The number of thiophene rings is 1. The lowest BCUT2D eigenvalue weighted by Gasteiger charge is -2.10. The monoisotopic (exact) mass is 260 g/mol. The highest BCUT2D eigenvalue weighted by atomic mass is 32.2. The summed E-state index contributed by atoms with van der Waals surface area (Å²) in [6.45, 7) is 0. The molecule has 0 radical (unpaired) electrons. The molecule has 5 nitrogen and oxygen atoms in total. The maximum atomic E-state index is 11.6. The van der Waals surface area contributed by atoms with Gasteiger partial charge >= 0.3 is 0 Å². The van der Waals surface area contributed by atoms with Crippen LogP contribution < -0.4 is 10.5 Å². The summed E-state index contributed by atoms with van der Waals surface area (Å²) in [4.78, 5) is 12.2. The van der Waals surface area contributed by atoms with Gasteiger partial charge < -0.3 is 5.73 Å². The van der Waals surface area contributed by atoms with Crippen LogP contribution in [0.4, 0.5) is 0 Å². The molecule has 0 saturated heterocycles. The Morgan fingerprint density at radius 1 is 1.56 bits per heavy atom. The highest BCUT2D eigenvalue weighted by Gasteiger charge is 2.37. The van der Waals surface area contributed by atoms with Crippen LogP contribution in [0.15, 0.2) is 17.5 Å². The van der Waals surface area contributed by atoms with Crippen LogP contribution in [0.5, 0.6) is 0 Å². The van der Waals surface area contributed by atoms with Gasteiger partial charge in [0.05, 0.1) is 5.25 Å². The van der Waals surface area contributed by atoms with E-state index in [2.05, 4.69) is 0 Å². The van der Waals surface area contributed by atoms with Gasteiger partial charge in [-0.2, -0.15) is 0 Å². The maximum absolute atomic E-state index is 11.6. The number of rotatable bonds is 4. The van der Waals surface area contributed by atoms with Gasteiger partial charge in [-0.15, -0.1) is 11.3 Å². The molecule has 1 aromatic rings. The minimum Gasteiger partial charge on any atom is -0.315 e. The van der Waals surface area contributed by atoms with E-state index in [1.54, 1.807) is 17.5 Å². The first-order chi connectivity index (χ1) is 7.50. The minimum atomic E-state index is -3.50. The van der Waals surface area contributed by atoms with Crippen molar-refractivity contribution in [3.05, 3.63) is 22.4 Å². The summed E-state index contributed by atoms with van der Waals surface area (Å²) in [6.07, 6.45) is 1.24. The Balaban J connectivity index is 2.03. The standard InChI is InChI=1S/C9H12N2O3S2/c10-8(7-2-1-5-15-7)9(12)11-16(13,14)6-3-4-6/h1-2,5-6,8H,3-4,10H2,(H,11,12). The molecule has 0 bridgehead atoms. The summed E-state index contributed by atoms with van der Waals surface area (Å²) < 4.78 is 25.0. The van der Waals surface area contributed by atoms with Crippen LogP contribution in [-0.2, 0) is 14.8 Å².